The lowest BCUT2D eigenvalue weighted by molar-refractivity contribution is -0.132. The maximum atomic E-state index is 13.4. The highest BCUT2D eigenvalue weighted by atomic mass is 35.5. The molecule has 1 atom stereocenters. The number of nitrogens with zero attached hydrogens (tertiary/aromatic N) is 3. The van der Waals surface area contributed by atoms with Crippen LogP contribution in [0.1, 0.15) is 51.4 Å². The molecule has 0 aliphatic rings. The van der Waals surface area contributed by atoms with Crippen molar-refractivity contribution in [2.24, 2.45) is 0 Å². The first-order chi connectivity index (χ1) is 14.0. The molecule has 152 valence electrons. The third-order valence-corrected chi connectivity index (χ3v) is 5.56. The predicted molar refractivity (Wildman–Crippen MR) is 118 cm³/mol. The highest BCUT2D eigenvalue weighted by Crippen LogP contribution is 2.26. The molecule has 0 bridgehead atoms. The van der Waals surface area contributed by atoms with Crippen LogP contribution in [-0.2, 0) is 4.79 Å². The Morgan fingerprint density at radius 3 is 2.55 bits per heavy atom. The summed E-state index contributed by atoms with van der Waals surface area (Å²) in [5.41, 5.74) is 0.970. The Bertz CT molecular complexity index is 1080. The fourth-order valence-corrected chi connectivity index (χ4v) is 3.61. The summed E-state index contributed by atoms with van der Waals surface area (Å²) >= 11 is 6.42. The lowest BCUT2D eigenvalue weighted by Gasteiger charge is -2.27. The van der Waals surface area contributed by atoms with Crippen LogP contribution in [0.5, 0.6) is 0 Å². The molecule has 5 nitrogen and oxygen atoms in total. The second kappa shape index (κ2) is 9.23. The van der Waals surface area contributed by atoms with E-state index < -0.39 is 6.04 Å². The van der Waals surface area contributed by atoms with Crippen molar-refractivity contribution in [3.8, 4) is 5.69 Å². The van der Waals surface area contributed by atoms with E-state index in [-0.39, 0.29) is 11.5 Å². The fourth-order valence-electron chi connectivity index (χ4n) is 3.39. The average Bonchev–Trinajstić information content (AvgIpc) is 2.73. The molecule has 2 aromatic carbocycles. The average molecular weight is 412 g/mol. The number of rotatable bonds is 7. The second-order valence-corrected chi connectivity index (χ2v) is 7.62. The molecule has 3 rings (SSSR count). The molecule has 0 fully saturated rings. The largest absolute Gasteiger partial charge is 0.336 e. The SMILES string of the molecule is CCCCCC(=O)N(C)C(C)c1nc2ccccc2c(=O)n1-c1ccccc1Cl. The summed E-state index contributed by atoms with van der Waals surface area (Å²) in [6, 6.07) is 14.0. The quantitative estimate of drug-likeness (QED) is 0.506. The summed E-state index contributed by atoms with van der Waals surface area (Å²) in [6.45, 7) is 4.00. The molecule has 1 unspecified atom stereocenters. The molecule has 3 aromatic rings. The summed E-state index contributed by atoms with van der Waals surface area (Å²) in [5, 5.41) is 0.970. The van der Waals surface area contributed by atoms with Crippen molar-refractivity contribution in [3.63, 3.8) is 0 Å². The molecule has 0 aliphatic carbocycles. The molecular formula is C23H26ClN3O2. The van der Waals surface area contributed by atoms with Crippen LogP contribution in [0.15, 0.2) is 53.3 Å². The van der Waals surface area contributed by atoms with E-state index in [1.165, 1.54) is 4.57 Å². The van der Waals surface area contributed by atoms with Gasteiger partial charge in [0.25, 0.3) is 5.56 Å². The Balaban J connectivity index is 2.13. The van der Waals surface area contributed by atoms with Gasteiger partial charge in [-0.2, -0.15) is 0 Å². The number of hydrogen-bond acceptors (Lipinski definition) is 3. The molecule has 0 N–H and O–H groups in total. The highest BCUT2D eigenvalue weighted by molar-refractivity contribution is 6.32. The maximum Gasteiger partial charge on any atom is 0.266 e. The van der Waals surface area contributed by atoms with Gasteiger partial charge in [0.2, 0.25) is 5.91 Å². The monoisotopic (exact) mass is 411 g/mol. The van der Waals surface area contributed by atoms with Crippen LogP contribution in [-0.4, -0.2) is 27.4 Å². The van der Waals surface area contributed by atoms with E-state index >= 15 is 0 Å². The van der Waals surface area contributed by atoms with E-state index in [9.17, 15) is 9.59 Å². The van der Waals surface area contributed by atoms with Crippen LogP contribution >= 0.6 is 11.6 Å². The zero-order chi connectivity index (χ0) is 21.0. The van der Waals surface area contributed by atoms with Crippen LogP contribution in [0.2, 0.25) is 5.02 Å². The van der Waals surface area contributed by atoms with E-state index in [1.807, 2.05) is 37.3 Å². The first kappa shape index (κ1) is 21.1. The van der Waals surface area contributed by atoms with E-state index in [1.54, 1.807) is 30.1 Å². The second-order valence-electron chi connectivity index (χ2n) is 7.22. The van der Waals surface area contributed by atoms with Crippen molar-refractivity contribution in [1.82, 2.24) is 14.5 Å². The normalized spacial score (nSPS) is 12.1. The van der Waals surface area contributed by atoms with E-state index in [0.29, 0.717) is 33.9 Å². The molecule has 0 radical (unpaired) electrons. The topological polar surface area (TPSA) is 55.2 Å². The maximum absolute atomic E-state index is 13.4. The zero-order valence-corrected chi connectivity index (χ0v) is 17.8. The number of carbonyl (C=O) groups excluding carboxylic acids is 1. The first-order valence-electron chi connectivity index (χ1n) is 9.98. The minimum absolute atomic E-state index is 0.0408. The molecule has 6 heteroatoms. The van der Waals surface area contributed by atoms with Crippen molar-refractivity contribution in [2.45, 2.75) is 45.6 Å². The van der Waals surface area contributed by atoms with Gasteiger partial charge in [-0.25, -0.2) is 4.98 Å². The van der Waals surface area contributed by atoms with Crippen LogP contribution in [0.4, 0.5) is 0 Å². The number of hydrogen-bond donors (Lipinski definition) is 0. The molecule has 0 saturated heterocycles. The minimum Gasteiger partial charge on any atom is -0.336 e. The Kier molecular flexibility index (Phi) is 6.70. The summed E-state index contributed by atoms with van der Waals surface area (Å²) < 4.78 is 1.53. The molecule has 1 heterocycles. The molecule has 0 aliphatic heterocycles. The van der Waals surface area contributed by atoms with E-state index in [2.05, 4.69) is 6.92 Å². The molecule has 29 heavy (non-hydrogen) atoms. The smallest absolute Gasteiger partial charge is 0.266 e. The van der Waals surface area contributed by atoms with Gasteiger partial charge >= 0.3 is 0 Å². The van der Waals surface area contributed by atoms with Gasteiger partial charge in [0.05, 0.1) is 27.7 Å². The van der Waals surface area contributed by atoms with Crippen molar-refractivity contribution in [2.75, 3.05) is 7.05 Å². The Morgan fingerprint density at radius 1 is 1.14 bits per heavy atom. The standard InChI is InChI=1S/C23H26ClN3O2/c1-4-5-6-15-21(28)26(3)16(2)22-25-19-13-9-7-11-17(19)23(29)27(22)20-14-10-8-12-18(20)24/h7-14,16H,4-6,15H2,1-3H3. The minimum atomic E-state index is -0.391. The lowest BCUT2D eigenvalue weighted by Crippen LogP contribution is -2.34. The summed E-state index contributed by atoms with van der Waals surface area (Å²) in [5.74, 6) is 0.534. The molecule has 1 amide bonds. The van der Waals surface area contributed by atoms with Gasteiger partial charge in [0.1, 0.15) is 5.82 Å². The first-order valence-corrected chi connectivity index (χ1v) is 10.4. The summed E-state index contributed by atoms with van der Waals surface area (Å²) in [6.07, 6.45) is 3.42. The molecule has 0 saturated carbocycles. The van der Waals surface area contributed by atoms with Crippen molar-refractivity contribution in [3.05, 3.63) is 69.7 Å². The van der Waals surface area contributed by atoms with Gasteiger partial charge in [-0.15, -0.1) is 0 Å². The number of benzene rings is 2. The fraction of sp³-hybridized carbons (Fsp3) is 0.348. The van der Waals surface area contributed by atoms with Crippen LogP contribution in [0, 0.1) is 0 Å². The highest BCUT2D eigenvalue weighted by Gasteiger charge is 2.24. The van der Waals surface area contributed by atoms with Gasteiger partial charge in [-0.1, -0.05) is 55.6 Å². The third kappa shape index (κ3) is 4.35. The van der Waals surface area contributed by atoms with E-state index in [4.69, 9.17) is 16.6 Å². The Hall–Kier alpha value is -2.66. The molecule has 1 aromatic heterocycles. The number of para-hydroxylation sites is 2. The molecular weight excluding hydrogens is 386 g/mol. The van der Waals surface area contributed by atoms with Gasteiger partial charge in [0, 0.05) is 13.5 Å². The Labute approximate surface area is 175 Å². The van der Waals surface area contributed by atoms with Crippen LogP contribution in [0.3, 0.4) is 0 Å². The number of fused-ring (bicyclic) bond motifs is 1. The van der Waals surface area contributed by atoms with E-state index in [0.717, 1.165) is 19.3 Å². The number of halogens is 1. The number of amides is 1. The van der Waals surface area contributed by atoms with Gasteiger partial charge in [-0.05, 0) is 37.6 Å². The van der Waals surface area contributed by atoms with Gasteiger partial charge in [0.15, 0.2) is 0 Å². The van der Waals surface area contributed by atoms with Crippen molar-refractivity contribution < 1.29 is 4.79 Å². The lowest BCUT2D eigenvalue weighted by atomic mass is 10.1. The van der Waals surface area contributed by atoms with Crippen molar-refractivity contribution in [1.29, 1.82) is 0 Å². The summed E-state index contributed by atoms with van der Waals surface area (Å²) in [7, 11) is 1.76. The third-order valence-electron chi connectivity index (χ3n) is 5.24. The zero-order valence-electron chi connectivity index (χ0n) is 17.1. The number of unbranched alkanes of at least 4 members (excludes halogenated alkanes) is 2. The number of carbonyl (C=O) groups is 1. The Morgan fingerprint density at radius 2 is 1.83 bits per heavy atom. The van der Waals surface area contributed by atoms with Crippen molar-refractivity contribution >= 4 is 28.4 Å². The molecule has 0 spiro atoms. The summed E-state index contributed by atoms with van der Waals surface area (Å²) in [4.78, 5) is 32.5. The van der Waals surface area contributed by atoms with Crippen LogP contribution < -0.4 is 5.56 Å². The van der Waals surface area contributed by atoms with Gasteiger partial charge in [-0.3, -0.25) is 14.2 Å². The predicted octanol–water partition coefficient (Wildman–Crippen LogP) is 5.14. The van der Waals surface area contributed by atoms with Gasteiger partial charge < -0.3 is 4.90 Å². The number of aromatic nitrogens is 2. The van der Waals surface area contributed by atoms with Crippen LogP contribution in [0.25, 0.3) is 16.6 Å².